The molecule has 1 nitrogen and oxygen atoms in total. The lowest BCUT2D eigenvalue weighted by atomic mass is 10.1. The molecule has 0 atom stereocenters. The summed E-state index contributed by atoms with van der Waals surface area (Å²) in [5.41, 5.74) is 2.22. The maximum absolute atomic E-state index is 11.4. The van der Waals surface area contributed by atoms with Crippen LogP contribution in [0.15, 0.2) is 29.0 Å². The Morgan fingerprint density at radius 2 is 2.31 bits per heavy atom. The van der Waals surface area contributed by atoms with Gasteiger partial charge in [0.05, 0.1) is 0 Å². The molecule has 13 heavy (non-hydrogen) atoms. The summed E-state index contributed by atoms with van der Waals surface area (Å²) >= 11 is 1.64. The molecule has 1 rings (SSSR count). The van der Waals surface area contributed by atoms with Gasteiger partial charge in [0.2, 0.25) is 0 Å². The third-order valence-corrected chi connectivity index (χ3v) is 2.54. The minimum Gasteiger partial charge on any atom is -0.299 e. The second-order valence-corrected chi connectivity index (χ2v) is 4.08. The molecule has 1 heterocycles. The highest BCUT2D eigenvalue weighted by Gasteiger charge is 2.03. The molecule has 0 saturated heterocycles. The molecular formula is C11H14OS. The standard InChI is InChI=1S/C11H14OS/c1-9(2)3-4-11(12)7-10-5-6-13-8-10/h5-6,8H,1,3-4,7H2,2H3. The van der Waals surface area contributed by atoms with Crippen LogP contribution in [0.5, 0.6) is 0 Å². The van der Waals surface area contributed by atoms with E-state index >= 15 is 0 Å². The molecule has 0 saturated carbocycles. The minimum absolute atomic E-state index is 0.307. The minimum atomic E-state index is 0.307. The van der Waals surface area contributed by atoms with Crippen LogP contribution in [-0.2, 0) is 11.2 Å². The zero-order valence-corrected chi connectivity index (χ0v) is 8.69. The molecule has 0 N–H and O–H groups in total. The third-order valence-electron chi connectivity index (χ3n) is 1.81. The molecule has 0 unspecified atom stereocenters. The Labute approximate surface area is 83.1 Å². The van der Waals surface area contributed by atoms with Crippen molar-refractivity contribution in [3.05, 3.63) is 34.5 Å². The summed E-state index contributed by atoms with van der Waals surface area (Å²) in [4.78, 5) is 11.4. The Hall–Kier alpha value is -0.890. The molecule has 0 fully saturated rings. The number of hydrogen-bond acceptors (Lipinski definition) is 2. The predicted molar refractivity (Wildman–Crippen MR) is 57.1 cm³/mol. The molecule has 1 aromatic heterocycles. The van der Waals surface area contributed by atoms with Crippen molar-refractivity contribution in [1.29, 1.82) is 0 Å². The highest BCUT2D eigenvalue weighted by molar-refractivity contribution is 7.07. The molecule has 0 aliphatic carbocycles. The van der Waals surface area contributed by atoms with Crippen LogP contribution in [0, 0.1) is 0 Å². The first-order chi connectivity index (χ1) is 6.18. The van der Waals surface area contributed by atoms with Crippen LogP contribution in [0.1, 0.15) is 25.3 Å². The molecule has 0 amide bonds. The Bertz CT molecular complexity index is 285. The number of rotatable bonds is 5. The lowest BCUT2D eigenvalue weighted by Gasteiger charge is -1.98. The Morgan fingerprint density at radius 3 is 2.85 bits per heavy atom. The fourth-order valence-electron chi connectivity index (χ4n) is 1.06. The van der Waals surface area contributed by atoms with E-state index in [9.17, 15) is 4.79 Å². The van der Waals surface area contributed by atoms with Gasteiger partial charge < -0.3 is 0 Å². The van der Waals surface area contributed by atoms with Crippen LogP contribution in [0.25, 0.3) is 0 Å². The largest absolute Gasteiger partial charge is 0.299 e. The molecule has 0 radical (unpaired) electrons. The van der Waals surface area contributed by atoms with E-state index in [0.29, 0.717) is 18.6 Å². The lowest BCUT2D eigenvalue weighted by molar-refractivity contribution is -0.118. The van der Waals surface area contributed by atoms with Gasteiger partial charge >= 0.3 is 0 Å². The van der Waals surface area contributed by atoms with E-state index in [1.54, 1.807) is 11.3 Å². The van der Waals surface area contributed by atoms with E-state index in [1.807, 2.05) is 23.8 Å². The van der Waals surface area contributed by atoms with Crippen molar-refractivity contribution in [2.45, 2.75) is 26.2 Å². The Kier molecular flexibility index (Phi) is 3.90. The maximum Gasteiger partial charge on any atom is 0.137 e. The number of hydrogen-bond donors (Lipinski definition) is 0. The van der Waals surface area contributed by atoms with Crippen molar-refractivity contribution in [3.63, 3.8) is 0 Å². The zero-order chi connectivity index (χ0) is 9.68. The van der Waals surface area contributed by atoms with Crippen LogP contribution >= 0.6 is 11.3 Å². The number of carbonyl (C=O) groups excluding carboxylic acids is 1. The first kappa shape index (κ1) is 10.2. The van der Waals surface area contributed by atoms with Gasteiger partial charge in [-0.2, -0.15) is 11.3 Å². The highest BCUT2D eigenvalue weighted by atomic mass is 32.1. The van der Waals surface area contributed by atoms with E-state index in [4.69, 9.17) is 0 Å². The van der Waals surface area contributed by atoms with Crippen molar-refractivity contribution in [1.82, 2.24) is 0 Å². The highest BCUT2D eigenvalue weighted by Crippen LogP contribution is 2.09. The van der Waals surface area contributed by atoms with Crippen LogP contribution in [-0.4, -0.2) is 5.78 Å². The van der Waals surface area contributed by atoms with Gasteiger partial charge in [0, 0.05) is 12.8 Å². The molecule has 2 heteroatoms. The molecule has 0 bridgehead atoms. The van der Waals surface area contributed by atoms with Gasteiger partial charge in [0.15, 0.2) is 0 Å². The summed E-state index contributed by atoms with van der Waals surface area (Å²) in [7, 11) is 0. The van der Waals surface area contributed by atoms with Crippen LogP contribution in [0.4, 0.5) is 0 Å². The van der Waals surface area contributed by atoms with E-state index in [1.165, 1.54) is 0 Å². The monoisotopic (exact) mass is 194 g/mol. The first-order valence-corrected chi connectivity index (χ1v) is 5.30. The quantitative estimate of drug-likeness (QED) is 0.658. The second-order valence-electron chi connectivity index (χ2n) is 3.30. The number of Topliss-reactive ketones (excluding diaryl/α,β-unsaturated/α-hetero) is 1. The Morgan fingerprint density at radius 1 is 1.54 bits per heavy atom. The van der Waals surface area contributed by atoms with Gasteiger partial charge in [0.25, 0.3) is 0 Å². The number of allylic oxidation sites excluding steroid dienone is 1. The van der Waals surface area contributed by atoms with Crippen molar-refractivity contribution < 1.29 is 4.79 Å². The Balaban J connectivity index is 2.30. The summed E-state index contributed by atoms with van der Waals surface area (Å²) in [5, 5.41) is 4.03. The van der Waals surface area contributed by atoms with Crippen molar-refractivity contribution >= 4 is 17.1 Å². The van der Waals surface area contributed by atoms with E-state index in [2.05, 4.69) is 6.58 Å². The maximum atomic E-state index is 11.4. The zero-order valence-electron chi connectivity index (χ0n) is 7.88. The average molecular weight is 194 g/mol. The number of ketones is 1. The van der Waals surface area contributed by atoms with E-state index < -0.39 is 0 Å². The van der Waals surface area contributed by atoms with Gasteiger partial charge in [-0.1, -0.05) is 5.57 Å². The second kappa shape index (κ2) is 4.97. The molecule has 70 valence electrons. The molecule has 0 aromatic carbocycles. The molecule has 0 aliphatic rings. The fraction of sp³-hybridized carbons (Fsp3) is 0.364. The first-order valence-electron chi connectivity index (χ1n) is 4.35. The van der Waals surface area contributed by atoms with Gasteiger partial charge in [-0.05, 0) is 35.7 Å². The topological polar surface area (TPSA) is 17.1 Å². The van der Waals surface area contributed by atoms with Gasteiger partial charge in [0.1, 0.15) is 5.78 Å². The van der Waals surface area contributed by atoms with Gasteiger partial charge in [-0.3, -0.25) is 4.79 Å². The summed E-state index contributed by atoms with van der Waals surface area (Å²) in [5.74, 6) is 0.307. The number of thiophene rings is 1. The summed E-state index contributed by atoms with van der Waals surface area (Å²) in [6.45, 7) is 5.73. The lowest BCUT2D eigenvalue weighted by Crippen LogP contribution is -2.01. The van der Waals surface area contributed by atoms with E-state index in [-0.39, 0.29) is 0 Å². The molecule has 0 spiro atoms. The predicted octanol–water partition coefficient (Wildman–Crippen LogP) is 3.22. The van der Waals surface area contributed by atoms with Gasteiger partial charge in [-0.25, -0.2) is 0 Å². The summed E-state index contributed by atoms with van der Waals surface area (Å²) in [6.07, 6.45) is 2.03. The molecular weight excluding hydrogens is 180 g/mol. The summed E-state index contributed by atoms with van der Waals surface area (Å²) in [6, 6.07) is 2.00. The summed E-state index contributed by atoms with van der Waals surface area (Å²) < 4.78 is 0. The smallest absolute Gasteiger partial charge is 0.137 e. The molecule has 0 aliphatic heterocycles. The van der Waals surface area contributed by atoms with Crippen molar-refractivity contribution in [2.24, 2.45) is 0 Å². The van der Waals surface area contributed by atoms with Gasteiger partial charge in [-0.15, -0.1) is 6.58 Å². The number of carbonyl (C=O) groups is 1. The average Bonchev–Trinajstić information content (AvgIpc) is 2.53. The molecule has 1 aromatic rings. The fourth-order valence-corrected chi connectivity index (χ4v) is 1.73. The SMILES string of the molecule is C=C(C)CCC(=O)Cc1ccsc1. The third kappa shape index (κ3) is 4.04. The van der Waals surface area contributed by atoms with Crippen LogP contribution in [0.2, 0.25) is 0 Å². The van der Waals surface area contributed by atoms with Crippen LogP contribution in [0.3, 0.4) is 0 Å². The van der Waals surface area contributed by atoms with E-state index in [0.717, 1.165) is 17.6 Å². The van der Waals surface area contributed by atoms with Crippen molar-refractivity contribution in [3.8, 4) is 0 Å². The van der Waals surface area contributed by atoms with Crippen molar-refractivity contribution in [2.75, 3.05) is 0 Å². The van der Waals surface area contributed by atoms with Crippen LogP contribution < -0.4 is 0 Å². The normalized spacial score (nSPS) is 9.92.